The zero-order valence-corrected chi connectivity index (χ0v) is 19.1. The highest BCUT2D eigenvalue weighted by Gasteiger charge is 2.23. The third-order valence-corrected chi connectivity index (χ3v) is 6.32. The number of hydrogen-bond acceptors (Lipinski definition) is 6. The predicted molar refractivity (Wildman–Crippen MR) is 125 cm³/mol. The average molecular weight is 470 g/mol. The quantitative estimate of drug-likeness (QED) is 0.426. The molecule has 1 amide bonds. The van der Waals surface area contributed by atoms with Gasteiger partial charge in [0.15, 0.2) is 0 Å². The molecule has 0 aliphatic heterocycles. The van der Waals surface area contributed by atoms with E-state index in [4.69, 9.17) is 8.92 Å². The first-order valence-electron chi connectivity index (χ1n) is 10.5. The molecule has 3 rings (SSSR count). The molecular weight excluding hydrogens is 442 g/mol. The number of hydrogen-bond donors (Lipinski definition) is 2. The monoisotopic (exact) mass is 469 g/mol. The van der Waals surface area contributed by atoms with Crippen molar-refractivity contribution in [2.45, 2.75) is 37.4 Å². The van der Waals surface area contributed by atoms with Crippen LogP contribution in [-0.4, -0.2) is 32.3 Å². The van der Waals surface area contributed by atoms with E-state index in [9.17, 15) is 18.3 Å². The Kier molecular flexibility index (Phi) is 8.59. The minimum Gasteiger partial charge on any atom is -0.444 e. The van der Waals surface area contributed by atoms with E-state index in [1.165, 1.54) is 12.1 Å². The summed E-state index contributed by atoms with van der Waals surface area (Å²) in [7, 11) is -4.14. The molecule has 33 heavy (non-hydrogen) atoms. The maximum Gasteiger partial charge on any atom is 0.411 e. The largest absolute Gasteiger partial charge is 0.444 e. The van der Waals surface area contributed by atoms with E-state index >= 15 is 0 Å². The van der Waals surface area contributed by atoms with E-state index in [1.54, 1.807) is 13.0 Å². The summed E-state index contributed by atoms with van der Waals surface area (Å²) in [6, 6.07) is 22.9. The molecular formula is C25H27NO6S. The lowest BCUT2D eigenvalue weighted by Crippen LogP contribution is -2.22. The maximum atomic E-state index is 12.9. The molecule has 0 spiro atoms. The Hall–Kier alpha value is -3.20. The number of benzene rings is 3. The van der Waals surface area contributed by atoms with Crippen LogP contribution in [0.1, 0.15) is 23.1 Å². The van der Waals surface area contributed by atoms with Gasteiger partial charge in [0.2, 0.25) is 0 Å². The smallest absolute Gasteiger partial charge is 0.411 e. The van der Waals surface area contributed by atoms with E-state index in [0.29, 0.717) is 17.7 Å². The van der Waals surface area contributed by atoms with E-state index in [0.717, 1.165) is 11.1 Å². The Labute approximate surface area is 194 Å². The van der Waals surface area contributed by atoms with Crippen LogP contribution >= 0.6 is 0 Å². The fourth-order valence-electron chi connectivity index (χ4n) is 3.20. The van der Waals surface area contributed by atoms with Crippen molar-refractivity contribution in [3.05, 3.63) is 95.6 Å². The number of aliphatic hydroxyl groups is 1. The van der Waals surface area contributed by atoms with Crippen molar-refractivity contribution in [2.24, 2.45) is 0 Å². The van der Waals surface area contributed by atoms with Crippen molar-refractivity contribution in [2.75, 3.05) is 11.9 Å². The standard InChI is InChI=1S/C25H27NO6S/c1-19-12-13-23(17-24(19)26-25(28)31-18-21-10-6-3-7-11-21)33(29,30)32-22(14-15-27)16-20-8-4-2-5-9-20/h2-13,17,22,27H,14-16,18H2,1H3,(H,26,28)/t22-/m1/s1. The van der Waals surface area contributed by atoms with Gasteiger partial charge in [0.05, 0.1) is 11.0 Å². The van der Waals surface area contributed by atoms with Crippen molar-refractivity contribution in [1.82, 2.24) is 0 Å². The van der Waals surface area contributed by atoms with E-state index in [-0.39, 0.29) is 24.5 Å². The van der Waals surface area contributed by atoms with Gasteiger partial charge in [-0.2, -0.15) is 8.42 Å². The lowest BCUT2D eigenvalue weighted by atomic mass is 10.1. The van der Waals surface area contributed by atoms with Crippen molar-refractivity contribution in [3.8, 4) is 0 Å². The molecule has 2 N–H and O–H groups in total. The molecule has 0 aliphatic rings. The lowest BCUT2D eigenvalue weighted by molar-refractivity contribution is 0.155. The number of rotatable bonds is 10. The number of aliphatic hydroxyl groups excluding tert-OH is 1. The van der Waals surface area contributed by atoms with Gasteiger partial charge >= 0.3 is 6.09 Å². The van der Waals surface area contributed by atoms with Crippen LogP contribution in [-0.2, 0) is 32.1 Å². The molecule has 0 fully saturated rings. The molecule has 0 saturated carbocycles. The summed E-state index contributed by atoms with van der Waals surface area (Å²) in [5, 5.41) is 11.9. The SMILES string of the molecule is Cc1ccc(S(=O)(=O)O[C@H](CCO)Cc2ccccc2)cc1NC(=O)OCc1ccccc1. The van der Waals surface area contributed by atoms with Gasteiger partial charge in [0.25, 0.3) is 10.1 Å². The highest BCUT2D eigenvalue weighted by molar-refractivity contribution is 7.86. The minimum absolute atomic E-state index is 0.0924. The summed E-state index contributed by atoms with van der Waals surface area (Å²) >= 11 is 0. The number of carbonyl (C=O) groups is 1. The number of ether oxygens (including phenoxy) is 1. The second-order valence-corrected chi connectivity index (χ2v) is 9.11. The fraction of sp³-hybridized carbons (Fsp3) is 0.240. The molecule has 0 aromatic heterocycles. The van der Waals surface area contributed by atoms with E-state index in [1.807, 2.05) is 60.7 Å². The molecule has 8 heteroatoms. The molecule has 3 aromatic rings. The van der Waals surface area contributed by atoms with Crippen molar-refractivity contribution in [1.29, 1.82) is 0 Å². The molecule has 7 nitrogen and oxygen atoms in total. The molecule has 0 saturated heterocycles. The van der Waals surface area contributed by atoms with Crippen LogP contribution < -0.4 is 5.32 Å². The first-order valence-corrected chi connectivity index (χ1v) is 11.9. The van der Waals surface area contributed by atoms with Crippen LogP contribution in [0.25, 0.3) is 0 Å². The zero-order chi connectivity index (χ0) is 23.7. The summed E-state index contributed by atoms with van der Waals surface area (Å²) in [6.45, 7) is 1.63. The number of amides is 1. The van der Waals surface area contributed by atoms with Gasteiger partial charge in [-0.15, -0.1) is 0 Å². The van der Waals surface area contributed by atoms with Crippen LogP contribution in [0.4, 0.5) is 10.5 Å². The Morgan fingerprint density at radius 2 is 1.61 bits per heavy atom. The number of nitrogens with one attached hydrogen (secondary N) is 1. The molecule has 0 bridgehead atoms. The van der Waals surface area contributed by atoms with Gasteiger partial charge in [-0.1, -0.05) is 66.7 Å². The number of anilines is 1. The Bertz CT molecular complexity index is 1150. The second kappa shape index (κ2) is 11.6. The average Bonchev–Trinajstić information content (AvgIpc) is 2.80. The number of aryl methyl sites for hydroxylation is 1. The van der Waals surface area contributed by atoms with Crippen molar-refractivity contribution >= 4 is 21.9 Å². The summed E-state index contributed by atoms with van der Waals surface area (Å²) in [5.74, 6) is 0. The Morgan fingerprint density at radius 3 is 2.24 bits per heavy atom. The molecule has 3 aromatic carbocycles. The van der Waals surface area contributed by atoms with Gasteiger partial charge in [-0.05, 0) is 42.2 Å². The maximum absolute atomic E-state index is 12.9. The highest BCUT2D eigenvalue weighted by Crippen LogP contribution is 2.24. The highest BCUT2D eigenvalue weighted by atomic mass is 32.2. The third kappa shape index (κ3) is 7.42. The van der Waals surface area contributed by atoms with Crippen molar-refractivity contribution < 1.29 is 27.2 Å². The molecule has 0 radical (unpaired) electrons. The van der Waals surface area contributed by atoms with Gasteiger partial charge in [-0.3, -0.25) is 9.50 Å². The van der Waals surface area contributed by atoms with Crippen LogP contribution in [0, 0.1) is 6.92 Å². The topological polar surface area (TPSA) is 102 Å². The molecule has 1 atom stereocenters. The first kappa shape index (κ1) is 24.4. The summed E-state index contributed by atoms with van der Waals surface area (Å²) < 4.78 is 36.5. The molecule has 0 heterocycles. The lowest BCUT2D eigenvalue weighted by Gasteiger charge is -2.18. The molecule has 0 unspecified atom stereocenters. The van der Waals surface area contributed by atoms with Gasteiger partial charge < -0.3 is 9.84 Å². The summed E-state index contributed by atoms with van der Waals surface area (Å²) in [5.41, 5.74) is 2.71. The van der Waals surface area contributed by atoms with Crippen LogP contribution in [0.2, 0.25) is 0 Å². The summed E-state index contributed by atoms with van der Waals surface area (Å²) in [4.78, 5) is 12.1. The van der Waals surface area contributed by atoms with Gasteiger partial charge in [0, 0.05) is 18.7 Å². The van der Waals surface area contributed by atoms with E-state index < -0.39 is 22.3 Å². The fourth-order valence-corrected chi connectivity index (χ4v) is 4.33. The Morgan fingerprint density at radius 1 is 0.970 bits per heavy atom. The third-order valence-electron chi connectivity index (χ3n) is 4.97. The first-order chi connectivity index (χ1) is 15.9. The normalized spacial score (nSPS) is 12.2. The van der Waals surface area contributed by atoms with Crippen LogP contribution in [0.5, 0.6) is 0 Å². The second-order valence-electron chi connectivity index (χ2n) is 7.54. The van der Waals surface area contributed by atoms with E-state index in [2.05, 4.69) is 5.32 Å². The van der Waals surface area contributed by atoms with Crippen LogP contribution in [0.15, 0.2) is 83.8 Å². The number of carbonyl (C=O) groups excluding carboxylic acids is 1. The predicted octanol–water partition coefficient (Wildman–Crippen LogP) is 4.44. The Balaban J connectivity index is 1.69. The summed E-state index contributed by atoms with van der Waals surface area (Å²) in [6.07, 6.45) is -0.920. The molecule has 0 aliphatic carbocycles. The van der Waals surface area contributed by atoms with Crippen molar-refractivity contribution in [3.63, 3.8) is 0 Å². The minimum atomic E-state index is -4.14. The molecule has 174 valence electrons. The zero-order valence-electron chi connectivity index (χ0n) is 18.3. The van der Waals surface area contributed by atoms with Gasteiger partial charge in [-0.25, -0.2) is 4.79 Å². The van der Waals surface area contributed by atoms with Crippen LogP contribution in [0.3, 0.4) is 0 Å². The van der Waals surface area contributed by atoms with Gasteiger partial charge in [0.1, 0.15) is 6.61 Å².